The second-order valence-electron chi connectivity index (χ2n) is 5.69. The number of hydrogen-bond acceptors (Lipinski definition) is 4. The van der Waals surface area contributed by atoms with E-state index in [2.05, 4.69) is 35.8 Å². The second kappa shape index (κ2) is 7.01. The van der Waals surface area contributed by atoms with Crippen LogP contribution in [-0.4, -0.2) is 45.5 Å². The summed E-state index contributed by atoms with van der Waals surface area (Å²) in [5.41, 5.74) is 0. The van der Waals surface area contributed by atoms with Crippen molar-refractivity contribution in [1.82, 2.24) is 19.7 Å². The minimum Gasteiger partial charge on any atom is -0.377 e. The Morgan fingerprint density at radius 2 is 2.32 bits per heavy atom. The number of likely N-dealkylation sites (tertiary alicyclic amines) is 1. The van der Waals surface area contributed by atoms with Gasteiger partial charge in [-0.25, -0.2) is 9.67 Å². The van der Waals surface area contributed by atoms with E-state index in [-0.39, 0.29) is 0 Å². The molecule has 1 aliphatic heterocycles. The fourth-order valence-electron chi connectivity index (χ4n) is 2.42. The highest BCUT2D eigenvalue weighted by Crippen LogP contribution is 2.16. The molecule has 1 saturated heterocycles. The molecule has 1 fully saturated rings. The van der Waals surface area contributed by atoms with Crippen LogP contribution in [0, 0.1) is 5.92 Å². The zero-order valence-electron chi connectivity index (χ0n) is 12.4. The van der Waals surface area contributed by atoms with Crippen LogP contribution in [0.15, 0.2) is 6.33 Å². The predicted octanol–water partition coefficient (Wildman–Crippen LogP) is 1.93. The number of nitrogens with zero attached hydrogens (tertiary/aromatic N) is 4. The summed E-state index contributed by atoms with van der Waals surface area (Å²) in [7, 11) is 0. The molecule has 1 aliphatic rings. The summed E-state index contributed by atoms with van der Waals surface area (Å²) in [5.74, 6) is 1.78. The van der Waals surface area contributed by atoms with Gasteiger partial charge in [0.15, 0.2) is 0 Å². The first kappa shape index (κ1) is 14.5. The Labute approximate surface area is 116 Å². The van der Waals surface area contributed by atoms with E-state index in [4.69, 9.17) is 4.74 Å². The molecule has 5 nitrogen and oxygen atoms in total. The van der Waals surface area contributed by atoms with Gasteiger partial charge in [0.2, 0.25) is 0 Å². The number of hydrogen-bond donors (Lipinski definition) is 0. The number of rotatable bonds is 7. The van der Waals surface area contributed by atoms with Gasteiger partial charge in [0.05, 0.1) is 12.6 Å². The minimum absolute atomic E-state index is 0.400. The summed E-state index contributed by atoms with van der Waals surface area (Å²) in [5, 5.41) is 4.21. The van der Waals surface area contributed by atoms with Gasteiger partial charge in [0.25, 0.3) is 0 Å². The van der Waals surface area contributed by atoms with Crippen LogP contribution in [0.4, 0.5) is 0 Å². The lowest BCUT2D eigenvalue weighted by molar-refractivity contribution is 0.0515. The summed E-state index contributed by atoms with van der Waals surface area (Å²) in [6, 6.07) is 0. The normalized spacial score (nSPS) is 20.5. The van der Waals surface area contributed by atoms with Gasteiger partial charge in [-0.1, -0.05) is 13.8 Å². The van der Waals surface area contributed by atoms with Crippen LogP contribution in [-0.2, 0) is 17.8 Å². The van der Waals surface area contributed by atoms with Gasteiger partial charge < -0.3 is 4.74 Å². The molecule has 1 unspecified atom stereocenters. The van der Waals surface area contributed by atoms with Gasteiger partial charge in [-0.3, -0.25) is 4.90 Å². The molecule has 2 rings (SSSR count). The van der Waals surface area contributed by atoms with Crippen molar-refractivity contribution >= 4 is 0 Å². The molecule has 0 aromatic carbocycles. The van der Waals surface area contributed by atoms with E-state index in [0.29, 0.717) is 6.10 Å². The average molecular weight is 266 g/mol. The lowest BCUT2D eigenvalue weighted by atomic mass is 10.1. The van der Waals surface area contributed by atoms with Crippen molar-refractivity contribution < 1.29 is 4.74 Å². The van der Waals surface area contributed by atoms with E-state index in [1.807, 2.05) is 4.68 Å². The van der Waals surface area contributed by atoms with Crippen LogP contribution in [0.2, 0.25) is 0 Å². The molecule has 0 radical (unpaired) electrons. The van der Waals surface area contributed by atoms with Gasteiger partial charge in [-0.15, -0.1) is 0 Å². The molecular formula is C14H26N4O. The summed E-state index contributed by atoms with van der Waals surface area (Å²) >= 11 is 0. The van der Waals surface area contributed by atoms with E-state index in [1.54, 1.807) is 6.33 Å². The van der Waals surface area contributed by atoms with E-state index in [9.17, 15) is 0 Å². The van der Waals surface area contributed by atoms with Crippen molar-refractivity contribution in [1.29, 1.82) is 0 Å². The smallest absolute Gasteiger partial charge is 0.140 e. The van der Waals surface area contributed by atoms with Crippen molar-refractivity contribution in [2.75, 3.05) is 19.7 Å². The van der Waals surface area contributed by atoms with Crippen molar-refractivity contribution in [3.05, 3.63) is 12.2 Å². The molecule has 0 spiro atoms. The number of aryl methyl sites for hydroxylation is 1. The highest BCUT2D eigenvalue weighted by atomic mass is 16.5. The zero-order valence-corrected chi connectivity index (χ0v) is 12.4. The van der Waals surface area contributed by atoms with Crippen LogP contribution in [0.3, 0.4) is 0 Å². The van der Waals surface area contributed by atoms with Crippen LogP contribution in [0.1, 0.15) is 39.4 Å². The summed E-state index contributed by atoms with van der Waals surface area (Å²) in [6.07, 6.45) is 4.33. The van der Waals surface area contributed by atoms with Gasteiger partial charge in [0, 0.05) is 26.2 Å². The Bertz CT molecular complexity index is 377. The third-order valence-electron chi connectivity index (χ3n) is 3.64. The topological polar surface area (TPSA) is 43.2 Å². The van der Waals surface area contributed by atoms with Gasteiger partial charge in [0.1, 0.15) is 12.2 Å². The standard InChI is InChI=1S/C14H26N4O/c1-4-18-14(15-11-16-18)10-17-7-5-13(9-17)19-8-6-12(2)3/h11-13H,4-10H2,1-3H3. The lowest BCUT2D eigenvalue weighted by Crippen LogP contribution is -2.25. The van der Waals surface area contributed by atoms with Crippen molar-refractivity contribution in [2.45, 2.75) is 52.8 Å². The first-order valence-corrected chi connectivity index (χ1v) is 7.39. The maximum absolute atomic E-state index is 5.94. The molecule has 1 atom stereocenters. The van der Waals surface area contributed by atoms with Crippen LogP contribution in [0.25, 0.3) is 0 Å². The molecule has 0 amide bonds. The third-order valence-corrected chi connectivity index (χ3v) is 3.64. The Morgan fingerprint density at radius 3 is 3.05 bits per heavy atom. The van der Waals surface area contributed by atoms with E-state index in [0.717, 1.165) is 57.4 Å². The second-order valence-corrected chi connectivity index (χ2v) is 5.69. The first-order chi connectivity index (χ1) is 9.19. The highest BCUT2D eigenvalue weighted by molar-refractivity contribution is 4.87. The monoisotopic (exact) mass is 266 g/mol. The van der Waals surface area contributed by atoms with E-state index in [1.165, 1.54) is 0 Å². The molecule has 19 heavy (non-hydrogen) atoms. The lowest BCUT2D eigenvalue weighted by Gasteiger charge is -2.16. The number of aromatic nitrogens is 3. The molecule has 0 bridgehead atoms. The molecule has 0 aliphatic carbocycles. The van der Waals surface area contributed by atoms with Crippen LogP contribution >= 0.6 is 0 Å². The van der Waals surface area contributed by atoms with E-state index >= 15 is 0 Å². The van der Waals surface area contributed by atoms with Crippen molar-refractivity contribution in [3.8, 4) is 0 Å². The maximum Gasteiger partial charge on any atom is 0.140 e. The summed E-state index contributed by atoms with van der Waals surface area (Å²) in [4.78, 5) is 6.74. The first-order valence-electron chi connectivity index (χ1n) is 7.39. The summed E-state index contributed by atoms with van der Waals surface area (Å²) < 4.78 is 7.90. The molecule has 1 aromatic heterocycles. The maximum atomic E-state index is 5.94. The Hall–Kier alpha value is -0.940. The Kier molecular flexibility index (Phi) is 5.34. The molecule has 108 valence electrons. The van der Waals surface area contributed by atoms with Gasteiger partial charge >= 0.3 is 0 Å². The average Bonchev–Trinajstić information content (AvgIpc) is 2.98. The predicted molar refractivity (Wildman–Crippen MR) is 74.8 cm³/mol. The summed E-state index contributed by atoms with van der Waals surface area (Å²) in [6.45, 7) is 11.4. The van der Waals surface area contributed by atoms with E-state index < -0.39 is 0 Å². The Balaban J connectivity index is 1.73. The Morgan fingerprint density at radius 1 is 1.47 bits per heavy atom. The quantitative estimate of drug-likeness (QED) is 0.756. The molecule has 2 heterocycles. The van der Waals surface area contributed by atoms with Crippen LogP contribution < -0.4 is 0 Å². The largest absolute Gasteiger partial charge is 0.377 e. The molecular weight excluding hydrogens is 240 g/mol. The van der Waals surface area contributed by atoms with Gasteiger partial charge in [-0.05, 0) is 25.7 Å². The molecule has 1 aromatic rings. The minimum atomic E-state index is 0.400. The SMILES string of the molecule is CCn1ncnc1CN1CCC(OCCC(C)C)C1. The third kappa shape index (κ3) is 4.28. The molecule has 0 saturated carbocycles. The van der Waals surface area contributed by atoms with Crippen LogP contribution in [0.5, 0.6) is 0 Å². The number of ether oxygens (including phenoxy) is 1. The zero-order chi connectivity index (χ0) is 13.7. The molecule has 0 N–H and O–H groups in total. The fraction of sp³-hybridized carbons (Fsp3) is 0.857. The highest BCUT2D eigenvalue weighted by Gasteiger charge is 2.24. The van der Waals surface area contributed by atoms with Crippen molar-refractivity contribution in [2.24, 2.45) is 5.92 Å². The van der Waals surface area contributed by atoms with Crippen molar-refractivity contribution in [3.63, 3.8) is 0 Å². The fourth-order valence-corrected chi connectivity index (χ4v) is 2.42. The molecule has 5 heteroatoms. The van der Waals surface area contributed by atoms with Gasteiger partial charge in [-0.2, -0.15) is 5.10 Å².